The van der Waals surface area contributed by atoms with Gasteiger partial charge in [-0.15, -0.1) is 11.3 Å². The van der Waals surface area contributed by atoms with Gasteiger partial charge in [-0.25, -0.2) is 4.39 Å². The maximum atomic E-state index is 13.3. The summed E-state index contributed by atoms with van der Waals surface area (Å²) in [4.78, 5) is 19.4. The van der Waals surface area contributed by atoms with Gasteiger partial charge in [0.2, 0.25) is 5.91 Å². The molecule has 1 unspecified atom stereocenters. The Morgan fingerprint density at radius 3 is 3.00 bits per heavy atom. The number of thiophene rings is 1. The van der Waals surface area contributed by atoms with E-state index in [1.54, 1.807) is 17.9 Å². The Morgan fingerprint density at radius 2 is 2.25 bits per heavy atom. The van der Waals surface area contributed by atoms with Gasteiger partial charge in [0.15, 0.2) is 5.82 Å². The lowest BCUT2D eigenvalue weighted by molar-refractivity contribution is -0.117. The Bertz CT molecular complexity index is 891. The van der Waals surface area contributed by atoms with E-state index in [4.69, 9.17) is 4.52 Å². The summed E-state index contributed by atoms with van der Waals surface area (Å²) in [7, 11) is 0. The predicted octanol–water partition coefficient (Wildman–Crippen LogP) is 3.77. The number of anilines is 1. The molecule has 1 amide bonds. The number of nitrogens with zero attached hydrogens (tertiary/aromatic N) is 3. The van der Waals surface area contributed by atoms with Gasteiger partial charge >= 0.3 is 0 Å². The molecule has 2 aromatic heterocycles. The zero-order valence-corrected chi connectivity index (χ0v) is 13.7. The van der Waals surface area contributed by atoms with E-state index in [9.17, 15) is 9.18 Å². The van der Waals surface area contributed by atoms with Gasteiger partial charge in [0, 0.05) is 24.6 Å². The molecule has 1 aromatic carbocycles. The van der Waals surface area contributed by atoms with Gasteiger partial charge in [0.25, 0.3) is 5.89 Å². The average Bonchev–Trinajstić information content (AvgIpc) is 3.27. The van der Waals surface area contributed by atoms with Gasteiger partial charge in [-0.2, -0.15) is 4.98 Å². The van der Waals surface area contributed by atoms with Crippen molar-refractivity contribution in [1.82, 2.24) is 10.1 Å². The van der Waals surface area contributed by atoms with E-state index >= 15 is 0 Å². The molecule has 3 heterocycles. The smallest absolute Gasteiger partial charge is 0.267 e. The van der Waals surface area contributed by atoms with Gasteiger partial charge in [-0.05, 0) is 42.1 Å². The third-order valence-electron chi connectivity index (χ3n) is 4.11. The lowest BCUT2D eigenvalue weighted by atomic mass is 10.1. The average molecular weight is 343 g/mol. The first-order valence-corrected chi connectivity index (χ1v) is 8.44. The lowest BCUT2D eigenvalue weighted by Crippen LogP contribution is -2.25. The first kappa shape index (κ1) is 15.0. The summed E-state index contributed by atoms with van der Waals surface area (Å²) in [6.07, 6.45) is 0.320. The van der Waals surface area contributed by atoms with Crippen molar-refractivity contribution in [2.24, 2.45) is 0 Å². The molecule has 1 fully saturated rings. The summed E-state index contributed by atoms with van der Waals surface area (Å²) in [5.74, 6) is 0.563. The molecule has 1 aliphatic rings. The monoisotopic (exact) mass is 343 g/mol. The molecule has 24 heavy (non-hydrogen) atoms. The quantitative estimate of drug-likeness (QED) is 0.726. The Morgan fingerprint density at radius 1 is 1.38 bits per heavy atom. The molecule has 7 heteroatoms. The van der Waals surface area contributed by atoms with Crippen LogP contribution in [0, 0.1) is 12.7 Å². The third-order valence-corrected chi connectivity index (χ3v) is 4.97. The lowest BCUT2D eigenvalue weighted by Gasteiger charge is -2.18. The van der Waals surface area contributed by atoms with Gasteiger partial charge in [-0.1, -0.05) is 11.2 Å². The van der Waals surface area contributed by atoms with Crippen molar-refractivity contribution < 1.29 is 13.7 Å². The summed E-state index contributed by atoms with van der Waals surface area (Å²) in [5, 5.41) is 5.98. The highest BCUT2D eigenvalue weighted by molar-refractivity contribution is 7.13. The topological polar surface area (TPSA) is 59.2 Å². The number of carbonyl (C=O) groups excluding carboxylic acids is 1. The zero-order valence-electron chi connectivity index (χ0n) is 12.9. The molecule has 0 radical (unpaired) electrons. The molecule has 5 nitrogen and oxygen atoms in total. The van der Waals surface area contributed by atoms with Crippen molar-refractivity contribution in [1.29, 1.82) is 0 Å². The van der Waals surface area contributed by atoms with Gasteiger partial charge in [0.05, 0.1) is 4.88 Å². The van der Waals surface area contributed by atoms with Crippen LogP contribution in [0.5, 0.6) is 0 Å². The fraction of sp³-hybridized carbons (Fsp3) is 0.235. The molecular formula is C17H14FN3O2S. The summed E-state index contributed by atoms with van der Waals surface area (Å²) in [6, 6.07) is 8.27. The molecule has 122 valence electrons. The Labute approximate surface area is 141 Å². The highest BCUT2D eigenvalue weighted by atomic mass is 32.1. The molecular weight excluding hydrogens is 329 g/mol. The van der Waals surface area contributed by atoms with E-state index < -0.39 is 0 Å². The number of rotatable bonds is 3. The number of aryl methyl sites for hydroxylation is 1. The van der Waals surface area contributed by atoms with E-state index in [0.717, 1.165) is 16.1 Å². The largest absolute Gasteiger partial charge is 0.333 e. The maximum absolute atomic E-state index is 13.3. The van der Waals surface area contributed by atoms with Crippen molar-refractivity contribution in [2.45, 2.75) is 19.3 Å². The Balaban J connectivity index is 1.58. The maximum Gasteiger partial charge on any atom is 0.267 e. The van der Waals surface area contributed by atoms with Crippen molar-refractivity contribution in [2.75, 3.05) is 11.4 Å². The molecule has 0 saturated carbocycles. The summed E-state index contributed by atoms with van der Waals surface area (Å²) in [6.45, 7) is 2.26. The van der Waals surface area contributed by atoms with Crippen LogP contribution < -0.4 is 4.90 Å². The van der Waals surface area contributed by atoms with Crippen LogP contribution in [0.4, 0.5) is 10.1 Å². The standard InChI is InChI=1S/C17H14FN3O2S/c1-10-7-12(18)4-5-13(10)21-9-11(8-15(21)22)16-19-17(23-20-16)14-3-2-6-24-14/h2-7,11H,8-9H2,1H3. The minimum absolute atomic E-state index is 0.0165. The van der Waals surface area contributed by atoms with Crippen LogP contribution in [0.25, 0.3) is 10.8 Å². The van der Waals surface area contributed by atoms with Crippen LogP contribution >= 0.6 is 11.3 Å². The van der Waals surface area contributed by atoms with Crippen molar-refractivity contribution in [3.63, 3.8) is 0 Å². The van der Waals surface area contributed by atoms with Crippen LogP contribution in [-0.2, 0) is 4.79 Å². The molecule has 0 aliphatic carbocycles. The van der Waals surface area contributed by atoms with E-state index in [1.165, 1.54) is 23.5 Å². The number of carbonyl (C=O) groups is 1. The normalized spacial score (nSPS) is 17.7. The summed E-state index contributed by atoms with van der Waals surface area (Å²) < 4.78 is 18.6. The van der Waals surface area contributed by atoms with E-state index in [-0.39, 0.29) is 17.6 Å². The minimum Gasteiger partial charge on any atom is -0.333 e. The molecule has 1 saturated heterocycles. The second kappa shape index (κ2) is 5.83. The van der Waals surface area contributed by atoms with Crippen LogP contribution in [0.3, 0.4) is 0 Å². The van der Waals surface area contributed by atoms with Crippen molar-refractivity contribution in [3.05, 3.63) is 52.9 Å². The zero-order chi connectivity index (χ0) is 16.7. The minimum atomic E-state index is -0.307. The molecule has 1 aliphatic heterocycles. The molecule has 3 aromatic rings. The molecule has 4 rings (SSSR count). The number of benzene rings is 1. The van der Waals surface area contributed by atoms with Crippen LogP contribution in [-0.4, -0.2) is 22.6 Å². The second-order valence-corrected chi connectivity index (χ2v) is 6.72. The highest BCUT2D eigenvalue weighted by Gasteiger charge is 2.35. The van der Waals surface area contributed by atoms with Gasteiger partial charge in [-0.3, -0.25) is 4.79 Å². The molecule has 0 N–H and O–H groups in total. The summed E-state index contributed by atoms with van der Waals surface area (Å²) in [5.41, 5.74) is 1.46. The highest BCUT2D eigenvalue weighted by Crippen LogP contribution is 2.33. The van der Waals surface area contributed by atoms with E-state index in [2.05, 4.69) is 10.1 Å². The number of amides is 1. The number of hydrogen-bond acceptors (Lipinski definition) is 5. The second-order valence-electron chi connectivity index (χ2n) is 5.77. The van der Waals surface area contributed by atoms with Crippen molar-refractivity contribution >= 4 is 22.9 Å². The van der Waals surface area contributed by atoms with E-state index in [1.807, 2.05) is 17.5 Å². The SMILES string of the molecule is Cc1cc(F)ccc1N1CC(c2noc(-c3cccs3)n2)CC1=O. The first-order chi connectivity index (χ1) is 11.6. The van der Waals surface area contributed by atoms with Gasteiger partial charge in [0.1, 0.15) is 5.82 Å². The molecule has 1 atom stereocenters. The first-order valence-electron chi connectivity index (χ1n) is 7.56. The number of aromatic nitrogens is 2. The van der Waals surface area contributed by atoms with Crippen LogP contribution in [0.1, 0.15) is 23.7 Å². The summed E-state index contributed by atoms with van der Waals surface area (Å²) >= 11 is 1.52. The molecule has 0 spiro atoms. The fourth-order valence-corrected chi connectivity index (χ4v) is 3.58. The van der Waals surface area contributed by atoms with Crippen LogP contribution in [0.2, 0.25) is 0 Å². The fourth-order valence-electron chi connectivity index (χ4n) is 2.94. The Hall–Kier alpha value is -2.54. The van der Waals surface area contributed by atoms with Crippen molar-refractivity contribution in [3.8, 4) is 10.8 Å². The third kappa shape index (κ3) is 2.60. The van der Waals surface area contributed by atoms with E-state index in [0.29, 0.717) is 24.7 Å². The van der Waals surface area contributed by atoms with Crippen LogP contribution in [0.15, 0.2) is 40.2 Å². The predicted molar refractivity (Wildman–Crippen MR) is 88.5 cm³/mol. The number of hydrogen-bond donors (Lipinski definition) is 0. The number of halogens is 1. The molecule has 0 bridgehead atoms. The Kier molecular flexibility index (Phi) is 3.65. The van der Waals surface area contributed by atoms with Gasteiger partial charge < -0.3 is 9.42 Å².